The van der Waals surface area contributed by atoms with E-state index in [1.165, 1.54) is 34.6 Å². The second-order valence-corrected chi connectivity index (χ2v) is 30.8. The summed E-state index contributed by atoms with van der Waals surface area (Å²) in [6.45, 7) is 20.0. The second kappa shape index (κ2) is 27.3. The van der Waals surface area contributed by atoms with Crippen LogP contribution in [0.25, 0.3) is 0 Å². The number of allylic oxidation sites excluding steroid dienone is 2. The van der Waals surface area contributed by atoms with Crippen molar-refractivity contribution >= 4 is 17.9 Å². The van der Waals surface area contributed by atoms with Crippen LogP contribution in [0.5, 0.6) is 0 Å². The van der Waals surface area contributed by atoms with Gasteiger partial charge in [-0.3, -0.25) is 14.4 Å². The molecule has 538 valence electrons. The molecule has 29 heteroatoms. The number of esters is 3. The molecule has 10 aliphatic rings. The van der Waals surface area contributed by atoms with E-state index in [1.54, 1.807) is 0 Å². The monoisotopic (exact) mass is 1350 g/mol. The predicted molar refractivity (Wildman–Crippen MR) is 318 cm³/mol. The second-order valence-electron chi connectivity index (χ2n) is 30.8. The maximum Gasteiger partial charge on any atom is 0.317 e. The van der Waals surface area contributed by atoms with Crippen LogP contribution >= 0.6 is 0 Å². The molecule has 0 aromatic heterocycles. The van der Waals surface area contributed by atoms with Crippen LogP contribution in [0.15, 0.2) is 11.6 Å². The average Bonchev–Trinajstić information content (AvgIpc) is 0.670. The highest BCUT2D eigenvalue weighted by Crippen LogP contribution is 2.76. The van der Waals surface area contributed by atoms with Crippen molar-refractivity contribution in [3.63, 3.8) is 0 Å². The van der Waals surface area contributed by atoms with Crippen LogP contribution in [0.3, 0.4) is 0 Å². The lowest BCUT2D eigenvalue weighted by atomic mass is 9.33. The lowest BCUT2D eigenvalue weighted by Crippen LogP contribution is -2.70. The molecule has 10 rings (SSSR count). The molecule has 9 fully saturated rings. The topological polar surface area (TPSA) is 445 Å². The summed E-state index contributed by atoms with van der Waals surface area (Å²) in [5.41, 5.74) is -4.21. The average molecular weight is 1350 g/mol. The Morgan fingerprint density at radius 1 is 0.564 bits per heavy atom. The van der Waals surface area contributed by atoms with Crippen molar-refractivity contribution in [3.05, 3.63) is 11.6 Å². The van der Waals surface area contributed by atoms with E-state index in [4.69, 9.17) is 56.8 Å². The summed E-state index contributed by atoms with van der Waals surface area (Å²) in [7, 11) is 0. The van der Waals surface area contributed by atoms with Crippen molar-refractivity contribution in [2.24, 2.45) is 50.2 Å². The number of hydrogen-bond donors (Lipinski definition) is 14. The lowest BCUT2D eigenvalue weighted by Gasteiger charge is -2.72. The molecular formula is C65H104O29. The summed E-state index contributed by atoms with van der Waals surface area (Å²) < 4.78 is 71.6. The Bertz CT molecular complexity index is 2720. The van der Waals surface area contributed by atoms with Crippen LogP contribution in [0.1, 0.15) is 141 Å². The maximum atomic E-state index is 15.9. The molecule has 29 nitrogen and oxygen atoms in total. The van der Waals surface area contributed by atoms with E-state index in [0.717, 1.165) is 12.5 Å². The van der Waals surface area contributed by atoms with Gasteiger partial charge in [0.25, 0.3) is 0 Å². The highest BCUT2D eigenvalue weighted by Gasteiger charge is 2.73. The molecule has 4 saturated carbocycles. The fraction of sp³-hybridized carbons (Fsp3) is 0.923. The molecule has 5 heterocycles. The van der Waals surface area contributed by atoms with Gasteiger partial charge in [-0.2, -0.15) is 0 Å². The Kier molecular flexibility index (Phi) is 21.5. The zero-order valence-electron chi connectivity index (χ0n) is 55.6. The van der Waals surface area contributed by atoms with Crippen molar-refractivity contribution in [2.45, 2.75) is 313 Å². The van der Waals surface area contributed by atoms with Gasteiger partial charge in [0.2, 0.25) is 6.29 Å². The van der Waals surface area contributed by atoms with Gasteiger partial charge in [0.15, 0.2) is 37.4 Å². The standard InChI is InChI=1S/C65H104O29/c1-25(84-30(6)67)19-38(71)89-51-41(74)28(4)87-58(52(51)92-56-47(80)44(77)49(29(5)88-56)90-54-48(81)50(34(69)23-83-54)91-55-45(78)42(75)39(72)26(2)85-55)94-59(82)65-18-17-60(7,8)20-32(65)31-13-14-36-61(9)21-33(68)53(93-57-46(79)43(76)40(73)27(3)86-57)62(10,24-66)35(61)15-16-63(36,11)64(31,12)22-37(65)70/h13,25-29,32-37,39-58,66,68-70,72-81H,14-24H2,1-12H3/t25-,26-,27-,28+,29-,32-,33-,34+,35+,36+,37+,39-,40-,41-,42+,43+,44-,45+,46+,47+,48+,49-,50-,51-,52+,53-,54-,55-,56-,57-,58-,61+,62-,63+,64+,65+/m0/s1. The van der Waals surface area contributed by atoms with Gasteiger partial charge < -0.3 is 128 Å². The minimum atomic E-state index is -2.08. The smallest absolute Gasteiger partial charge is 0.317 e. The van der Waals surface area contributed by atoms with Gasteiger partial charge in [-0.25, -0.2) is 0 Å². The first-order valence-corrected chi connectivity index (χ1v) is 33.4. The van der Waals surface area contributed by atoms with Crippen LogP contribution < -0.4 is 0 Å². The van der Waals surface area contributed by atoms with Crippen molar-refractivity contribution in [2.75, 3.05) is 13.2 Å². The number of aliphatic hydroxyl groups excluding tert-OH is 14. The van der Waals surface area contributed by atoms with Gasteiger partial charge in [0.05, 0.1) is 62.4 Å². The zero-order valence-corrected chi connectivity index (χ0v) is 55.6. The predicted octanol–water partition coefficient (Wildman–Crippen LogP) is -1.65. The number of ether oxygens (including phenoxy) is 12. The first kappa shape index (κ1) is 73.9. The van der Waals surface area contributed by atoms with Crippen molar-refractivity contribution in [3.8, 4) is 0 Å². The fourth-order valence-electron chi connectivity index (χ4n) is 18.6. The number of carbonyl (C=O) groups is 3. The number of carbonyl (C=O) groups excluding carboxylic acids is 3. The van der Waals surface area contributed by atoms with Gasteiger partial charge in [0, 0.05) is 12.3 Å². The number of fused-ring (bicyclic) bond motifs is 7. The first-order chi connectivity index (χ1) is 43.8. The highest BCUT2D eigenvalue weighted by molar-refractivity contribution is 5.80. The summed E-state index contributed by atoms with van der Waals surface area (Å²) in [4.78, 5) is 41.6. The van der Waals surface area contributed by atoms with Crippen LogP contribution in [0.2, 0.25) is 0 Å². The molecular weight excluding hydrogens is 1240 g/mol. The van der Waals surface area contributed by atoms with E-state index >= 15 is 4.79 Å². The molecule has 0 aromatic rings. The molecule has 5 saturated heterocycles. The fourth-order valence-corrected chi connectivity index (χ4v) is 18.6. The van der Waals surface area contributed by atoms with E-state index in [0.29, 0.717) is 32.1 Å². The minimum Gasteiger partial charge on any atom is -0.462 e. The van der Waals surface area contributed by atoms with Crippen LogP contribution in [-0.4, -0.2) is 274 Å². The molecule has 94 heavy (non-hydrogen) atoms. The molecule has 5 aliphatic heterocycles. The Labute approximate surface area is 546 Å². The quantitative estimate of drug-likeness (QED) is 0.0378. The van der Waals surface area contributed by atoms with Crippen LogP contribution in [0, 0.1) is 50.2 Å². The molecule has 0 radical (unpaired) electrons. The summed E-state index contributed by atoms with van der Waals surface area (Å²) in [6, 6.07) is 0. The lowest BCUT2D eigenvalue weighted by molar-refractivity contribution is -0.380. The first-order valence-electron chi connectivity index (χ1n) is 33.4. The Hall–Kier alpha value is -2.77. The molecule has 0 unspecified atom stereocenters. The Morgan fingerprint density at radius 2 is 1.12 bits per heavy atom. The third kappa shape index (κ3) is 12.8. The third-order valence-electron chi connectivity index (χ3n) is 24.2. The van der Waals surface area contributed by atoms with Gasteiger partial charge in [-0.1, -0.05) is 53.2 Å². The number of aliphatic hydroxyl groups is 14. The van der Waals surface area contributed by atoms with Gasteiger partial charge in [-0.05, 0) is 125 Å². The Morgan fingerprint density at radius 3 is 1.72 bits per heavy atom. The molecule has 0 amide bonds. The van der Waals surface area contributed by atoms with Crippen LogP contribution in [0.4, 0.5) is 0 Å². The van der Waals surface area contributed by atoms with Crippen molar-refractivity contribution in [1.29, 1.82) is 0 Å². The molecule has 0 aromatic carbocycles. The molecule has 36 atom stereocenters. The molecule has 0 bridgehead atoms. The van der Waals surface area contributed by atoms with E-state index in [1.807, 2.05) is 6.92 Å². The Balaban J connectivity index is 0.917. The molecule has 5 aliphatic carbocycles. The minimum absolute atomic E-state index is 0.0829. The zero-order chi connectivity index (χ0) is 69.2. The summed E-state index contributed by atoms with van der Waals surface area (Å²) >= 11 is 0. The summed E-state index contributed by atoms with van der Waals surface area (Å²) in [5.74, 6) is -3.66. The third-order valence-corrected chi connectivity index (χ3v) is 24.2. The number of hydrogen-bond acceptors (Lipinski definition) is 29. The van der Waals surface area contributed by atoms with Crippen LogP contribution in [-0.2, 0) is 71.2 Å². The molecule has 14 N–H and O–H groups in total. The largest absolute Gasteiger partial charge is 0.462 e. The molecule has 0 spiro atoms. The summed E-state index contributed by atoms with van der Waals surface area (Å²) in [6.07, 6.45) is -38.7. The van der Waals surface area contributed by atoms with Gasteiger partial charge in [-0.15, -0.1) is 0 Å². The van der Waals surface area contributed by atoms with Gasteiger partial charge >= 0.3 is 17.9 Å². The SMILES string of the molecule is CC(=O)O[C@@H](C)CC(=O)O[C@H]1[C@@H](O)[C@@H](C)O[C@@H](OC(=O)[C@]23CCC(C)(C)C[C@H]2C2=CC[C@@H]4[C@]5(C)C[C@H](O)[C@H](O[C@@H]6O[C@@H](C)[C@H](O)[C@@H](O)[C@H]6O)[C@@](C)(CO)[C@@H]5CC[C@@]4(C)[C@]2(C)C[C@H]3O)[C@@H]1O[C@@H]1O[C@@H](C)[C@H](O[C@@H]2OC[C@@H](O)[C@H](O[C@@H]3O[C@@H](C)[C@H](O)[C@@H](O)[C@H]3O)[C@H]2O)[C@@H](O)[C@H]1O. The van der Waals surface area contributed by atoms with E-state index in [9.17, 15) is 81.1 Å². The van der Waals surface area contributed by atoms with E-state index in [-0.39, 0.29) is 36.5 Å². The van der Waals surface area contributed by atoms with E-state index < -0.39 is 242 Å². The van der Waals surface area contributed by atoms with E-state index in [2.05, 4.69) is 40.7 Å². The van der Waals surface area contributed by atoms with Crippen molar-refractivity contribution in [1.82, 2.24) is 0 Å². The normalized spacial score (nSPS) is 52.9. The number of rotatable bonds is 15. The van der Waals surface area contributed by atoms with Crippen molar-refractivity contribution < 1.29 is 143 Å². The highest BCUT2D eigenvalue weighted by atomic mass is 16.8. The van der Waals surface area contributed by atoms with Gasteiger partial charge in [0.1, 0.15) is 90.9 Å². The summed E-state index contributed by atoms with van der Waals surface area (Å²) in [5, 5.41) is 158. The maximum absolute atomic E-state index is 15.9.